The van der Waals surface area contributed by atoms with Crippen molar-refractivity contribution in [3.8, 4) is 0 Å². The average Bonchev–Trinajstić information content (AvgIpc) is 2.15. The van der Waals surface area contributed by atoms with Crippen LogP contribution in [-0.4, -0.2) is 34.4 Å². The molecular formula is C12H19NO3S. The normalized spacial score (nSPS) is 13.4. The number of hydrogen-bond donors (Lipinski definition) is 1. The van der Waals surface area contributed by atoms with Crippen LogP contribution in [0.25, 0.3) is 0 Å². The molecule has 0 saturated carbocycles. The molecule has 0 aliphatic rings. The Morgan fingerprint density at radius 1 is 1.41 bits per heavy atom. The minimum absolute atomic E-state index is 0.0706. The molecule has 1 aromatic rings. The largest absolute Gasteiger partial charge is 0.383 e. The lowest BCUT2D eigenvalue weighted by molar-refractivity contribution is 0.190. The number of nitrogens with one attached hydrogen (secondary N) is 1. The number of ether oxygens (including phenoxy) is 1. The second-order valence-electron chi connectivity index (χ2n) is 4.27. The molecule has 0 aliphatic heterocycles. The molecular weight excluding hydrogens is 238 g/mol. The summed E-state index contributed by atoms with van der Waals surface area (Å²) in [6, 6.07) is 7.62. The summed E-state index contributed by atoms with van der Waals surface area (Å²) in [5.74, 6) is 0.0706. The van der Waals surface area contributed by atoms with Crippen LogP contribution >= 0.6 is 0 Å². The Balaban J connectivity index is 2.72. The van der Waals surface area contributed by atoms with E-state index in [9.17, 15) is 8.42 Å². The van der Waals surface area contributed by atoms with Gasteiger partial charge in [-0.25, -0.2) is 8.42 Å². The Labute approximate surface area is 103 Å². The molecule has 1 N–H and O–H groups in total. The maximum absolute atomic E-state index is 11.2. The van der Waals surface area contributed by atoms with Crippen LogP contribution in [0.5, 0.6) is 0 Å². The predicted octanol–water partition coefficient (Wildman–Crippen LogP) is 1.68. The van der Waals surface area contributed by atoms with Gasteiger partial charge in [0.1, 0.15) is 0 Å². The van der Waals surface area contributed by atoms with Crippen molar-refractivity contribution in [3.63, 3.8) is 0 Å². The van der Waals surface area contributed by atoms with Crippen molar-refractivity contribution in [2.75, 3.05) is 25.3 Å². The predicted molar refractivity (Wildman–Crippen MR) is 70.0 cm³/mol. The number of hydrogen-bond acceptors (Lipinski definition) is 4. The lowest BCUT2D eigenvalue weighted by Gasteiger charge is -2.14. The lowest BCUT2D eigenvalue weighted by Crippen LogP contribution is -2.20. The molecule has 1 rings (SSSR count). The first-order valence-corrected chi connectivity index (χ1v) is 7.49. The van der Waals surface area contributed by atoms with Crippen LogP contribution in [0.2, 0.25) is 0 Å². The highest BCUT2D eigenvalue weighted by Gasteiger charge is 2.06. The van der Waals surface area contributed by atoms with Gasteiger partial charge in [-0.1, -0.05) is 12.1 Å². The molecule has 0 bridgehead atoms. The first-order chi connectivity index (χ1) is 7.90. The van der Waals surface area contributed by atoms with Gasteiger partial charge in [-0.2, -0.15) is 0 Å². The van der Waals surface area contributed by atoms with E-state index < -0.39 is 9.84 Å². The lowest BCUT2D eigenvalue weighted by atomic mass is 10.2. The van der Waals surface area contributed by atoms with Crippen molar-refractivity contribution >= 4 is 15.5 Å². The highest BCUT2D eigenvalue weighted by molar-refractivity contribution is 7.89. The summed E-state index contributed by atoms with van der Waals surface area (Å²) in [7, 11) is -1.33. The zero-order valence-corrected chi connectivity index (χ0v) is 11.3. The van der Waals surface area contributed by atoms with E-state index in [-0.39, 0.29) is 11.8 Å². The van der Waals surface area contributed by atoms with Crippen LogP contribution in [0.4, 0.5) is 5.69 Å². The van der Waals surface area contributed by atoms with E-state index in [1.54, 1.807) is 7.11 Å². The monoisotopic (exact) mass is 257 g/mol. The van der Waals surface area contributed by atoms with Crippen LogP contribution in [0.15, 0.2) is 24.3 Å². The fourth-order valence-corrected chi connectivity index (χ4v) is 2.41. The third kappa shape index (κ3) is 5.70. The molecule has 17 heavy (non-hydrogen) atoms. The third-order valence-corrected chi connectivity index (χ3v) is 3.04. The minimum Gasteiger partial charge on any atom is -0.383 e. The molecule has 0 spiro atoms. The van der Waals surface area contributed by atoms with Gasteiger partial charge in [-0.05, 0) is 24.6 Å². The van der Waals surface area contributed by atoms with Crippen LogP contribution < -0.4 is 5.32 Å². The zero-order chi connectivity index (χ0) is 12.9. The number of methoxy groups -OCH3 is 1. The SMILES string of the molecule is COCC(C)Nc1cccc(CS(C)(=O)=O)c1. The maximum atomic E-state index is 11.2. The molecule has 1 atom stereocenters. The Morgan fingerprint density at radius 3 is 2.71 bits per heavy atom. The Morgan fingerprint density at radius 2 is 2.12 bits per heavy atom. The molecule has 0 radical (unpaired) electrons. The quantitative estimate of drug-likeness (QED) is 0.842. The van der Waals surface area contributed by atoms with E-state index in [1.165, 1.54) is 6.26 Å². The van der Waals surface area contributed by atoms with Gasteiger partial charge in [0.2, 0.25) is 0 Å². The zero-order valence-electron chi connectivity index (χ0n) is 10.4. The number of sulfone groups is 1. The summed E-state index contributed by atoms with van der Waals surface area (Å²) in [4.78, 5) is 0. The number of rotatable bonds is 6. The van der Waals surface area contributed by atoms with Gasteiger partial charge < -0.3 is 10.1 Å². The van der Waals surface area contributed by atoms with Gasteiger partial charge in [0.25, 0.3) is 0 Å². The van der Waals surface area contributed by atoms with Gasteiger partial charge in [-0.3, -0.25) is 0 Å². The first-order valence-electron chi connectivity index (χ1n) is 5.43. The van der Waals surface area contributed by atoms with E-state index in [1.807, 2.05) is 31.2 Å². The summed E-state index contributed by atoms with van der Waals surface area (Å²) in [5, 5.41) is 3.25. The summed E-state index contributed by atoms with van der Waals surface area (Å²) >= 11 is 0. The average molecular weight is 257 g/mol. The van der Waals surface area contributed by atoms with E-state index >= 15 is 0 Å². The van der Waals surface area contributed by atoms with Gasteiger partial charge in [-0.15, -0.1) is 0 Å². The molecule has 0 aliphatic carbocycles. The van der Waals surface area contributed by atoms with E-state index in [4.69, 9.17) is 4.74 Å². The maximum Gasteiger partial charge on any atom is 0.151 e. The standard InChI is InChI=1S/C12H19NO3S/c1-10(8-16-2)13-12-6-4-5-11(7-12)9-17(3,14)15/h4-7,10,13H,8-9H2,1-3H3. The van der Waals surface area contributed by atoms with Gasteiger partial charge in [0.15, 0.2) is 9.84 Å². The molecule has 0 heterocycles. The Bertz CT molecular complexity index is 457. The highest BCUT2D eigenvalue weighted by Crippen LogP contribution is 2.14. The molecule has 96 valence electrons. The van der Waals surface area contributed by atoms with E-state index in [0.717, 1.165) is 11.3 Å². The summed E-state index contributed by atoms with van der Waals surface area (Å²) in [5.41, 5.74) is 1.71. The van der Waals surface area contributed by atoms with E-state index in [0.29, 0.717) is 6.61 Å². The Hall–Kier alpha value is -1.07. The first kappa shape index (κ1) is 14.0. The van der Waals surface area contributed by atoms with Crippen LogP contribution in [0.1, 0.15) is 12.5 Å². The summed E-state index contributed by atoms with van der Waals surface area (Å²) < 4.78 is 27.4. The Kier molecular flexibility index (Phi) is 4.96. The number of anilines is 1. The summed E-state index contributed by atoms with van der Waals surface area (Å²) in [6.07, 6.45) is 1.24. The van der Waals surface area contributed by atoms with Crippen molar-refractivity contribution < 1.29 is 13.2 Å². The molecule has 5 heteroatoms. The van der Waals surface area contributed by atoms with Crippen molar-refractivity contribution in [1.82, 2.24) is 0 Å². The van der Waals surface area contributed by atoms with Crippen molar-refractivity contribution in [2.24, 2.45) is 0 Å². The summed E-state index contributed by atoms with van der Waals surface area (Å²) in [6.45, 7) is 2.61. The van der Waals surface area contributed by atoms with Crippen LogP contribution in [-0.2, 0) is 20.3 Å². The second-order valence-corrected chi connectivity index (χ2v) is 6.41. The van der Waals surface area contributed by atoms with Crippen molar-refractivity contribution in [3.05, 3.63) is 29.8 Å². The number of benzene rings is 1. The fourth-order valence-electron chi connectivity index (χ4n) is 1.63. The molecule has 0 saturated heterocycles. The molecule has 0 fully saturated rings. The molecule has 1 unspecified atom stereocenters. The van der Waals surface area contributed by atoms with Crippen molar-refractivity contribution in [2.45, 2.75) is 18.7 Å². The topological polar surface area (TPSA) is 55.4 Å². The van der Waals surface area contributed by atoms with Gasteiger partial charge in [0, 0.05) is 25.1 Å². The molecule has 4 nitrogen and oxygen atoms in total. The van der Waals surface area contributed by atoms with Gasteiger partial charge >= 0.3 is 0 Å². The van der Waals surface area contributed by atoms with Crippen molar-refractivity contribution in [1.29, 1.82) is 0 Å². The van der Waals surface area contributed by atoms with Crippen LogP contribution in [0, 0.1) is 0 Å². The molecule has 0 aromatic heterocycles. The second kappa shape index (κ2) is 6.02. The molecule has 0 amide bonds. The smallest absolute Gasteiger partial charge is 0.151 e. The fraction of sp³-hybridized carbons (Fsp3) is 0.500. The third-order valence-electron chi connectivity index (χ3n) is 2.19. The minimum atomic E-state index is -2.99. The van der Waals surface area contributed by atoms with E-state index in [2.05, 4.69) is 5.32 Å². The molecule has 1 aromatic carbocycles. The van der Waals surface area contributed by atoms with Gasteiger partial charge in [0.05, 0.1) is 12.4 Å². The van der Waals surface area contributed by atoms with Crippen LogP contribution in [0.3, 0.4) is 0 Å². The highest BCUT2D eigenvalue weighted by atomic mass is 32.2.